The summed E-state index contributed by atoms with van der Waals surface area (Å²) in [6.07, 6.45) is 0. The van der Waals surface area contributed by atoms with E-state index in [4.69, 9.17) is 9.47 Å². The first-order valence-electron chi connectivity index (χ1n) is 9.52. The van der Waals surface area contributed by atoms with Crippen LogP contribution in [0.4, 0.5) is 11.8 Å². The maximum absolute atomic E-state index is 13.0. The van der Waals surface area contributed by atoms with Crippen LogP contribution in [0.2, 0.25) is 0 Å². The molecule has 2 N–H and O–H groups in total. The van der Waals surface area contributed by atoms with Gasteiger partial charge < -0.3 is 19.7 Å². The Kier molecular flexibility index (Phi) is 5.18. The highest BCUT2D eigenvalue weighted by Gasteiger charge is 2.40. The number of morpholine rings is 1. The van der Waals surface area contributed by atoms with Crippen molar-refractivity contribution in [2.45, 2.75) is 12.8 Å². The molecule has 0 bridgehead atoms. The normalized spacial score (nSPS) is 21.1. The largest absolute Gasteiger partial charge is 0.494 e. The van der Waals surface area contributed by atoms with E-state index in [0.29, 0.717) is 50.2 Å². The Morgan fingerprint density at radius 2 is 2.00 bits per heavy atom. The number of aromatic nitrogens is 2. The quantitative estimate of drug-likeness (QED) is 0.799. The van der Waals surface area contributed by atoms with Crippen LogP contribution < -0.4 is 20.5 Å². The molecule has 2 atom stereocenters. The van der Waals surface area contributed by atoms with E-state index in [-0.39, 0.29) is 16.9 Å². The van der Waals surface area contributed by atoms with Gasteiger partial charge in [0.05, 0.1) is 31.5 Å². The van der Waals surface area contributed by atoms with E-state index in [1.54, 1.807) is 24.3 Å². The third-order valence-electron chi connectivity index (χ3n) is 5.11. The van der Waals surface area contributed by atoms with E-state index >= 15 is 0 Å². The van der Waals surface area contributed by atoms with Gasteiger partial charge in [0.15, 0.2) is 0 Å². The molecule has 9 nitrogen and oxygen atoms in total. The summed E-state index contributed by atoms with van der Waals surface area (Å²) < 4.78 is 10.8. The maximum atomic E-state index is 13.0. The molecule has 29 heavy (non-hydrogen) atoms. The van der Waals surface area contributed by atoms with Gasteiger partial charge in [-0.1, -0.05) is 12.1 Å². The molecule has 4 rings (SSSR count). The molecule has 1 aromatic carbocycles. The molecule has 0 spiro atoms. The Labute approximate surface area is 167 Å². The lowest BCUT2D eigenvalue weighted by atomic mass is 9.79. The molecule has 1 saturated heterocycles. The molecule has 2 aliphatic heterocycles. The molecule has 2 aliphatic rings. The number of nitrogens with one attached hydrogen (secondary N) is 2. The molecule has 1 fully saturated rings. The summed E-state index contributed by atoms with van der Waals surface area (Å²) in [4.78, 5) is 34.8. The van der Waals surface area contributed by atoms with Gasteiger partial charge in [-0.2, -0.15) is 10.2 Å². The number of rotatable bonds is 4. The summed E-state index contributed by atoms with van der Waals surface area (Å²) in [7, 11) is 0. The van der Waals surface area contributed by atoms with Crippen molar-refractivity contribution in [3.8, 4) is 11.8 Å². The van der Waals surface area contributed by atoms with Crippen molar-refractivity contribution in [3.63, 3.8) is 0 Å². The zero-order valence-corrected chi connectivity index (χ0v) is 16.0. The highest BCUT2D eigenvalue weighted by Crippen LogP contribution is 2.38. The zero-order chi connectivity index (χ0) is 20.4. The monoisotopic (exact) mass is 395 g/mol. The minimum Gasteiger partial charge on any atom is -0.494 e. The molecule has 1 aromatic heterocycles. The van der Waals surface area contributed by atoms with Crippen LogP contribution in [0.25, 0.3) is 0 Å². The predicted octanol–water partition coefficient (Wildman–Crippen LogP) is 1.23. The van der Waals surface area contributed by atoms with Gasteiger partial charge in [0.2, 0.25) is 11.9 Å². The number of nitriles is 1. The molecule has 0 unspecified atom stereocenters. The summed E-state index contributed by atoms with van der Waals surface area (Å²) in [5.74, 6) is -0.944. The Balaban J connectivity index is 1.78. The Hall–Kier alpha value is -3.38. The highest BCUT2D eigenvalue weighted by atomic mass is 16.5. The van der Waals surface area contributed by atoms with E-state index in [2.05, 4.69) is 15.3 Å². The summed E-state index contributed by atoms with van der Waals surface area (Å²) in [5.41, 5.74) is 0.607. The number of carbonyl (C=O) groups excluding carboxylic acids is 1. The van der Waals surface area contributed by atoms with Gasteiger partial charge in [-0.25, -0.2) is 0 Å². The average molecular weight is 395 g/mol. The van der Waals surface area contributed by atoms with Crippen LogP contribution in [0.5, 0.6) is 5.75 Å². The first-order valence-corrected chi connectivity index (χ1v) is 9.52. The Morgan fingerprint density at radius 1 is 1.28 bits per heavy atom. The van der Waals surface area contributed by atoms with E-state index in [1.165, 1.54) is 0 Å². The summed E-state index contributed by atoms with van der Waals surface area (Å²) in [6.45, 7) is 4.69. The second kappa shape index (κ2) is 7.93. The third-order valence-corrected chi connectivity index (χ3v) is 5.11. The molecule has 0 saturated carbocycles. The number of hydrogen-bond acceptors (Lipinski definition) is 7. The highest BCUT2D eigenvalue weighted by molar-refractivity contribution is 5.98. The number of fused-ring (bicyclic) bond motifs is 1. The van der Waals surface area contributed by atoms with Gasteiger partial charge in [-0.3, -0.25) is 14.6 Å². The minimum atomic E-state index is -1.03. The van der Waals surface area contributed by atoms with E-state index in [0.717, 1.165) is 0 Å². The van der Waals surface area contributed by atoms with Gasteiger partial charge in [0.25, 0.3) is 5.56 Å². The van der Waals surface area contributed by atoms with Gasteiger partial charge in [0, 0.05) is 19.0 Å². The van der Waals surface area contributed by atoms with Crippen LogP contribution in [0, 0.1) is 17.2 Å². The number of amides is 1. The minimum absolute atomic E-state index is 0.200. The number of H-pyrrole nitrogens is 1. The number of anilines is 2. The van der Waals surface area contributed by atoms with Gasteiger partial charge in [0.1, 0.15) is 17.5 Å². The van der Waals surface area contributed by atoms with Crippen molar-refractivity contribution in [1.82, 2.24) is 9.97 Å². The molecule has 0 aliphatic carbocycles. The molecule has 1 amide bonds. The predicted molar refractivity (Wildman–Crippen MR) is 105 cm³/mol. The van der Waals surface area contributed by atoms with Crippen LogP contribution in [-0.2, 0) is 9.53 Å². The van der Waals surface area contributed by atoms with Crippen LogP contribution in [0.3, 0.4) is 0 Å². The van der Waals surface area contributed by atoms with Crippen LogP contribution in [-0.4, -0.2) is 48.8 Å². The molecular formula is C20H21N5O4. The van der Waals surface area contributed by atoms with Crippen molar-refractivity contribution < 1.29 is 14.3 Å². The van der Waals surface area contributed by atoms with Crippen molar-refractivity contribution in [1.29, 1.82) is 5.26 Å². The number of aromatic amines is 1. The van der Waals surface area contributed by atoms with Gasteiger partial charge >= 0.3 is 0 Å². The zero-order valence-electron chi connectivity index (χ0n) is 16.0. The van der Waals surface area contributed by atoms with E-state index < -0.39 is 17.7 Å². The first-order chi connectivity index (χ1) is 14.1. The van der Waals surface area contributed by atoms with Crippen molar-refractivity contribution in [3.05, 3.63) is 45.7 Å². The number of carbonyl (C=O) groups is 1. The summed E-state index contributed by atoms with van der Waals surface area (Å²) in [5, 5.41) is 12.3. The molecule has 9 heteroatoms. The second-order valence-electron chi connectivity index (χ2n) is 6.83. The number of ether oxygens (including phenoxy) is 2. The lowest BCUT2D eigenvalue weighted by molar-refractivity contribution is -0.119. The molecule has 150 valence electrons. The fraction of sp³-hybridized carbons (Fsp3) is 0.400. The summed E-state index contributed by atoms with van der Waals surface area (Å²) in [6, 6.07) is 9.12. The molecular weight excluding hydrogens is 374 g/mol. The topological polar surface area (TPSA) is 120 Å². The van der Waals surface area contributed by atoms with Gasteiger partial charge in [-0.05, 0) is 24.6 Å². The van der Waals surface area contributed by atoms with Crippen LogP contribution in [0.1, 0.15) is 24.0 Å². The SMILES string of the molecule is CCOc1ccc([C@@H]2c3c(nc(N4CCOCC4)[nH]c3=O)NC(=O)[C@@H]2C#N)cc1. The fourth-order valence-electron chi connectivity index (χ4n) is 3.72. The van der Waals surface area contributed by atoms with Crippen LogP contribution in [0.15, 0.2) is 29.1 Å². The Bertz CT molecular complexity index is 1010. The number of hydrogen-bond donors (Lipinski definition) is 2. The van der Waals surface area contributed by atoms with Gasteiger partial charge in [-0.15, -0.1) is 0 Å². The van der Waals surface area contributed by atoms with Crippen LogP contribution >= 0.6 is 0 Å². The third kappa shape index (κ3) is 3.54. The lowest BCUT2D eigenvalue weighted by Crippen LogP contribution is -2.41. The smallest absolute Gasteiger partial charge is 0.258 e. The molecule has 2 aromatic rings. The number of nitrogens with zero attached hydrogens (tertiary/aromatic N) is 3. The first kappa shape index (κ1) is 19.0. The maximum Gasteiger partial charge on any atom is 0.258 e. The number of benzene rings is 1. The average Bonchev–Trinajstić information content (AvgIpc) is 2.74. The van der Waals surface area contributed by atoms with Crippen molar-refractivity contribution in [2.75, 3.05) is 43.1 Å². The molecule has 3 heterocycles. The lowest BCUT2D eigenvalue weighted by Gasteiger charge is -2.31. The van der Waals surface area contributed by atoms with Crippen molar-refractivity contribution >= 4 is 17.7 Å². The van der Waals surface area contributed by atoms with E-state index in [9.17, 15) is 14.9 Å². The standard InChI is InChI=1S/C20H21N5O4/c1-2-29-13-5-3-12(4-6-13)15-14(11-21)18(26)22-17-16(15)19(27)24-20(23-17)25-7-9-28-10-8-25/h3-6,14-15H,2,7-10H2,1H3,(H2,22,23,24,26,27)/t14-,15+/m1/s1. The fourth-order valence-corrected chi connectivity index (χ4v) is 3.72. The Morgan fingerprint density at radius 3 is 2.66 bits per heavy atom. The molecule has 0 radical (unpaired) electrons. The van der Waals surface area contributed by atoms with E-state index in [1.807, 2.05) is 17.9 Å². The van der Waals surface area contributed by atoms with Crippen molar-refractivity contribution in [2.24, 2.45) is 5.92 Å². The summed E-state index contributed by atoms with van der Waals surface area (Å²) >= 11 is 0. The second-order valence-corrected chi connectivity index (χ2v) is 6.83.